The third kappa shape index (κ3) is 12.1. The minimum absolute atomic E-state index is 1.08. The van der Waals surface area contributed by atoms with E-state index in [9.17, 15) is 0 Å². The summed E-state index contributed by atoms with van der Waals surface area (Å²) in [5.41, 5.74) is 2.90. The zero-order valence-corrected chi connectivity index (χ0v) is 18.1. The van der Waals surface area contributed by atoms with Crippen LogP contribution in [0.2, 0.25) is 13.1 Å². The van der Waals surface area contributed by atoms with E-state index >= 15 is 0 Å². The van der Waals surface area contributed by atoms with Gasteiger partial charge in [0.25, 0.3) is 0 Å². The van der Waals surface area contributed by atoms with Gasteiger partial charge in [-0.1, -0.05) is 108 Å². The van der Waals surface area contributed by atoms with Gasteiger partial charge in [0.2, 0.25) is 0 Å². The maximum Gasteiger partial charge on any atom is 0.154 e. The molecule has 0 unspecified atom stereocenters. The van der Waals surface area contributed by atoms with Crippen LogP contribution in [0.15, 0.2) is 24.3 Å². The fraction of sp³-hybridized carbons (Fsp3) is 0.727. The number of benzene rings is 1. The lowest BCUT2D eigenvalue weighted by Gasteiger charge is -2.13. The molecule has 1 rings (SSSR count). The molecule has 0 amide bonds. The van der Waals surface area contributed by atoms with E-state index in [0.29, 0.717) is 0 Å². The van der Waals surface area contributed by atoms with E-state index < -0.39 is 7.38 Å². The minimum atomic E-state index is -1.50. The zero-order chi connectivity index (χ0) is 17.7. The minimum Gasteiger partial charge on any atom is -0.167 e. The molecule has 0 nitrogen and oxygen atoms in total. The summed E-state index contributed by atoms with van der Waals surface area (Å²) in [7, 11) is -1.50. The molecule has 0 saturated carbocycles. The van der Waals surface area contributed by atoms with Gasteiger partial charge >= 0.3 is 0 Å². The van der Waals surface area contributed by atoms with Crippen molar-refractivity contribution in [2.75, 3.05) is 0 Å². The van der Waals surface area contributed by atoms with E-state index in [0.717, 1.165) is 6.04 Å². The van der Waals surface area contributed by atoms with Crippen LogP contribution in [0.1, 0.15) is 88.7 Å². The van der Waals surface area contributed by atoms with Gasteiger partial charge in [0.1, 0.15) is 0 Å². The Bertz CT molecular complexity index is 405. The number of halogens is 1. The van der Waals surface area contributed by atoms with Crippen molar-refractivity contribution < 1.29 is 0 Å². The first kappa shape index (κ1) is 21.8. The van der Waals surface area contributed by atoms with Gasteiger partial charge in [-0.05, 0) is 30.0 Å². The largest absolute Gasteiger partial charge is 0.167 e. The van der Waals surface area contributed by atoms with Gasteiger partial charge in [0.05, 0.1) is 0 Å². The summed E-state index contributed by atoms with van der Waals surface area (Å²) >= 11 is 6.43. The summed E-state index contributed by atoms with van der Waals surface area (Å²) in [6.45, 7) is 6.72. The fourth-order valence-corrected chi connectivity index (χ4v) is 4.97. The summed E-state index contributed by atoms with van der Waals surface area (Å²) in [6, 6.07) is 10.3. The molecule has 0 N–H and O–H groups in total. The molecule has 0 aliphatic rings. The van der Waals surface area contributed by atoms with Gasteiger partial charge in [-0.15, -0.1) is 0 Å². The summed E-state index contributed by atoms with van der Waals surface area (Å²) in [5.74, 6) is 0. The Hall–Kier alpha value is -0.273. The van der Waals surface area contributed by atoms with Gasteiger partial charge in [0, 0.05) is 0 Å². The molecular formula is C22H39ClSi. The molecule has 0 bridgehead atoms. The Morgan fingerprint density at radius 2 is 1.08 bits per heavy atom. The predicted molar refractivity (Wildman–Crippen MR) is 114 cm³/mol. The normalized spacial score (nSPS) is 11.8. The Morgan fingerprint density at radius 3 is 1.54 bits per heavy atom. The van der Waals surface area contributed by atoms with E-state index in [4.69, 9.17) is 11.1 Å². The van der Waals surface area contributed by atoms with Crippen LogP contribution in [0, 0.1) is 0 Å². The van der Waals surface area contributed by atoms with Crippen LogP contribution in [-0.4, -0.2) is 7.38 Å². The topological polar surface area (TPSA) is 0 Å². The average molecular weight is 367 g/mol. The molecule has 138 valence electrons. The number of hydrogen-bond acceptors (Lipinski definition) is 0. The number of aryl methyl sites for hydroxylation is 1. The van der Waals surface area contributed by atoms with Crippen LogP contribution >= 0.6 is 11.1 Å². The Morgan fingerprint density at radius 1 is 0.667 bits per heavy atom. The van der Waals surface area contributed by atoms with Crippen molar-refractivity contribution in [3.63, 3.8) is 0 Å². The number of hydrogen-bond donors (Lipinski definition) is 0. The van der Waals surface area contributed by atoms with Gasteiger partial charge in [-0.25, -0.2) is 0 Å². The predicted octanol–water partition coefficient (Wildman–Crippen LogP) is 8.07. The highest BCUT2D eigenvalue weighted by molar-refractivity contribution is 7.18. The van der Waals surface area contributed by atoms with Gasteiger partial charge in [-0.3, -0.25) is 0 Å². The lowest BCUT2D eigenvalue weighted by molar-refractivity contribution is 0.549. The zero-order valence-electron chi connectivity index (χ0n) is 16.4. The monoisotopic (exact) mass is 366 g/mol. The fourth-order valence-electron chi connectivity index (χ4n) is 3.30. The standard InChI is InChI=1S/C22H39ClSi/c1-4-5-6-7-8-9-10-11-12-13-14-15-21-16-18-22(19-17-21)20-24(2,3)23/h16-19H,4-15,20H2,1-3H3. The molecule has 1 aromatic carbocycles. The van der Waals surface area contributed by atoms with Crippen molar-refractivity contribution in [2.24, 2.45) is 0 Å². The van der Waals surface area contributed by atoms with E-state index in [1.807, 2.05) is 0 Å². The smallest absolute Gasteiger partial charge is 0.154 e. The quantitative estimate of drug-likeness (QED) is 0.177. The van der Waals surface area contributed by atoms with Crippen molar-refractivity contribution in [3.8, 4) is 0 Å². The first-order valence-corrected chi connectivity index (χ1v) is 14.5. The van der Waals surface area contributed by atoms with Crippen molar-refractivity contribution in [1.29, 1.82) is 0 Å². The third-order valence-electron chi connectivity index (χ3n) is 4.72. The summed E-state index contributed by atoms with van der Waals surface area (Å²) in [5, 5.41) is 0. The first-order chi connectivity index (χ1) is 11.5. The van der Waals surface area contributed by atoms with Crippen LogP contribution < -0.4 is 0 Å². The van der Waals surface area contributed by atoms with E-state index in [2.05, 4.69) is 44.3 Å². The second kappa shape index (κ2) is 13.0. The molecule has 0 aliphatic heterocycles. The van der Waals surface area contributed by atoms with Crippen LogP contribution in [0.3, 0.4) is 0 Å². The second-order valence-electron chi connectivity index (χ2n) is 8.00. The molecule has 2 heteroatoms. The molecule has 24 heavy (non-hydrogen) atoms. The van der Waals surface area contributed by atoms with Crippen LogP contribution in [0.4, 0.5) is 0 Å². The molecule has 0 saturated heterocycles. The van der Waals surface area contributed by atoms with E-state index in [1.165, 1.54) is 88.2 Å². The highest BCUT2D eigenvalue weighted by Crippen LogP contribution is 2.17. The van der Waals surface area contributed by atoms with Crippen molar-refractivity contribution in [2.45, 2.75) is 103 Å². The van der Waals surface area contributed by atoms with Gasteiger partial charge < -0.3 is 0 Å². The molecule has 0 spiro atoms. The molecular weight excluding hydrogens is 328 g/mol. The summed E-state index contributed by atoms with van der Waals surface area (Å²) in [4.78, 5) is 0. The van der Waals surface area contributed by atoms with Gasteiger partial charge in [-0.2, -0.15) is 11.1 Å². The lowest BCUT2D eigenvalue weighted by atomic mass is 10.0. The van der Waals surface area contributed by atoms with Crippen LogP contribution in [0.25, 0.3) is 0 Å². The Labute approximate surface area is 157 Å². The molecule has 0 radical (unpaired) electrons. The molecule has 0 aromatic heterocycles. The first-order valence-electron chi connectivity index (χ1n) is 10.3. The molecule has 1 aromatic rings. The lowest BCUT2D eigenvalue weighted by Crippen LogP contribution is -2.20. The second-order valence-corrected chi connectivity index (χ2v) is 14.9. The van der Waals surface area contributed by atoms with Crippen molar-refractivity contribution in [3.05, 3.63) is 35.4 Å². The number of rotatable bonds is 14. The highest BCUT2D eigenvalue weighted by Gasteiger charge is 2.17. The third-order valence-corrected chi connectivity index (χ3v) is 6.37. The number of unbranched alkanes of at least 4 members (excludes halogenated alkanes) is 10. The molecule has 0 atom stereocenters. The molecule has 0 heterocycles. The highest BCUT2D eigenvalue weighted by atomic mass is 35.6. The Kier molecular flexibility index (Phi) is 11.8. The van der Waals surface area contributed by atoms with E-state index in [1.54, 1.807) is 0 Å². The van der Waals surface area contributed by atoms with Crippen molar-refractivity contribution >= 4 is 18.5 Å². The maximum absolute atomic E-state index is 6.43. The Balaban J connectivity index is 1.99. The summed E-state index contributed by atoms with van der Waals surface area (Å²) in [6.07, 6.45) is 16.8. The average Bonchev–Trinajstić information content (AvgIpc) is 2.53. The molecule has 0 aliphatic carbocycles. The van der Waals surface area contributed by atoms with E-state index in [-0.39, 0.29) is 0 Å². The van der Waals surface area contributed by atoms with Crippen LogP contribution in [0.5, 0.6) is 0 Å². The van der Waals surface area contributed by atoms with Gasteiger partial charge in [0.15, 0.2) is 7.38 Å². The summed E-state index contributed by atoms with van der Waals surface area (Å²) < 4.78 is 0. The molecule has 0 fully saturated rings. The maximum atomic E-state index is 6.43. The SMILES string of the molecule is CCCCCCCCCCCCCc1ccc(C[Si](C)(C)Cl)cc1. The van der Waals surface area contributed by atoms with Crippen LogP contribution in [-0.2, 0) is 12.5 Å². The van der Waals surface area contributed by atoms with Crippen molar-refractivity contribution in [1.82, 2.24) is 0 Å².